The van der Waals surface area contributed by atoms with Crippen LogP contribution in [-0.4, -0.2) is 15.4 Å². The summed E-state index contributed by atoms with van der Waals surface area (Å²) in [5.74, 6) is 6.18. The average Bonchev–Trinajstić information content (AvgIpc) is 2.57. The van der Waals surface area contributed by atoms with Gasteiger partial charge in [0.15, 0.2) is 5.82 Å². The van der Waals surface area contributed by atoms with E-state index in [-0.39, 0.29) is 5.56 Å². The van der Waals surface area contributed by atoms with Gasteiger partial charge in [-0.05, 0) is 31.2 Å². The molecule has 2 aromatic carbocycles. The van der Waals surface area contributed by atoms with Crippen molar-refractivity contribution in [2.45, 2.75) is 6.92 Å². The monoisotopic (exact) mass is 293 g/mol. The summed E-state index contributed by atoms with van der Waals surface area (Å²) in [6, 6.07) is 16.6. The highest BCUT2D eigenvalue weighted by Crippen LogP contribution is 2.08. The molecule has 0 saturated carbocycles. The minimum absolute atomic E-state index is 0.296. The first-order valence-corrected chi connectivity index (χ1v) is 6.79. The number of fused-ring (bicyclic) bond motifs is 1. The topological polar surface area (TPSA) is 85.3 Å². The minimum Gasteiger partial charge on any atom is -0.334 e. The largest absolute Gasteiger partial charge is 0.334 e. The number of nitrogens with one attached hydrogen (secondary N) is 1. The molecule has 3 N–H and O–H groups in total. The maximum absolute atomic E-state index is 12.3. The van der Waals surface area contributed by atoms with Crippen LogP contribution < -0.4 is 16.8 Å². The summed E-state index contributed by atoms with van der Waals surface area (Å²) in [5.41, 5.74) is 4.58. The molecule has 0 bridgehead atoms. The van der Waals surface area contributed by atoms with Crippen LogP contribution in [0.2, 0.25) is 0 Å². The summed E-state index contributed by atoms with van der Waals surface area (Å²) in [5, 5.41) is 4.72. The van der Waals surface area contributed by atoms with Gasteiger partial charge < -0.3 is 5.84 Å². The molecule has 0 aliphatic carbocycles. The van der Waals surface area contributed by atoms with Crippen LogP contribution >= 0.6 is 0 Å². The van der Waals surface area contributed by atoms with E-state index in [4.69, 9.17) is 5.84 Å². The smallest absolute Gasteiger partial charge is 0.280 e. The van der Waals surface area contributed by atoms with Crippen LogP contribution in [-0.2, 0) is 0 Å². The summed E-state index contributed by atoms with van der Waals surface area (Å²) in [7, 11) is 0. The Morgan fingerprint density at radius 2 is 1.82 bits per heavy atom. The van der Waals surface area contributed by atoms with Gasteiger partial charge in [0, 0.05) is 0 Å². The predicted molar refractivity (Wildman–Crippen MR) is 88.4 cm³/mol. The predicted octanol–water partition coefficient (Wildman–Crippen LogP) is 1.95. The van der Waals surface area contributed by atoms with E-state index < -0.39 is 0 Å². The van der Waals surface area contributed by atoms with E-state index in [1.165, 1.54) is 0 Å². The second-order valence-electron chi connectivity index (χ2n) is 4.80. The number of para-hydroxylation sites is 2. The van der Waals surface area contributed by atoms with Gasteiger partial charge >= 0.3 is 0 Å². The Morgan fingerprint density at radius 1 is 1.14 bits per heavy atom. The van der Waals surface area contributed by atoms with E-state index in [0.717, 1.165) is 10.4 Å². The fourth-order valence-electron chi connectivity index (χ4n) is 2.11. The Labute approximate surface area is 126 Å². The number of nitrogen functional groups attached to an aromatic ring is 1. The number of nitrogens with two attached hydrogens (primary N) is 1. The summed E-state index contributed by atoms with van der Waals surface area (Å²) in [6.07, 6.45) is 0. The zero-order valence-corrected chi connectivity index (χ0v) is 12.0. The Morgan fingerprint density at radius 3 is 2.59 bits per heavy atom. The molecule has 1 aromatic heterocycles. The van der Waals surface area contributed by atoms with Gasteiger partial charge in [0.1, 0.15) is 5.71 Å². The number of hydrogen-bond acceptors (Lipinski definition) is 5. The van der Waals surface area contributed by atoms with Gasteiger partial charge in [0.2, 0.25) is 0 Å². The SMILES string of the molecule is C/C(=N\Nc1ccccc1)c1nc2ccccc2c(=O)n1N. The Bertz CT molecular complexity index is 899. The van der Waals surface area contributed by atoms with E-state index in [0.29, 0.717) is 22.4 Å². The summed E-state index contributed by atoms with van der Waals surface area (Å²) >= 11 is 0. The number of benzene rings is 2. The second kappa shape index (κ2) is 5.69. The van der Waals surface area contributed by atoms with Gasteiger partial charge in [-0.2, -0.15) is 5.10 Å². The molecule has 0 saturated heterocycles. The number of anilines is 1. The lowest BCUT2D eigenvalue weighted by Crippen LogP contribution is -2.33. The van der Waals surface area contributed by atoms with E-state index in [1.54, 1.807) is 25.1 Å². The summed E-state index contributed by atoms with van der Waals surface area (Å²) in [4.78, 5) is 16.7. The molecule has 22 heavy (non-hydrogen) atoms. The van der Waals surface area contributed by atoms with Gasteiger partial charge in [0.25, 0.3) is 5.56 Å². The van der Waals surface area contributed by atoms with E-state index in [9.17, 15) is 4.79 Å². The Balaban J connectivity index is 2.02. The van der Waals surface area contributed by atoms with Crippen LogP contribution in [0.1, 0.15) is 12.7 Å². The molecule has 0 aliphatic rings. The molecule has 6 nitrogen and oxygen atoms in total. The van der Waals surface area contributed by atoms with Crippen LogP contribution in [0.3, 0.4) is 0 Å². The maximum atomic E-state index is 12.3. The Hall–Kier alpha value is -3.15. The van der Waals surface area contributed by atoms with Gasteiger partial charge in [0.05, 0.1) is 16.6 Å². The van der Waals surface area contributed by atoms with Gasteiger partial charge in [-0.1, -0.05) is 30.3 Å². The highest BCUT2D eigenvalue weighted by Gasteiger charge is 2.10. The lowest BCUT2D eigenvalue weighted by atomic mass is 10.2. The maximum Gasteiger partial charge on any atom is 0.280 e. The number of nitrogens with zero attached hydrogens (tertiary/aromatic N) is 3. The van der Waals surface area contributed by atoms with Crippen molar-refractivity contribution in [3.63, 3.8) is 0 Å². The van der Waals surface area contributed by atoms with E-state index >= 15 is 0 Å². The molecule has 0 fully saturated rings. The molecule has 0 aliphatic heterocycles. The molecule has 110 valence electrons. The zero-order chi connectivity index (χ0) is 15.5. The third kappa shape index (κ3) is 2.54. The lowest BCUT2D eigenvalue weighted by molar-refractivity contribution is 0.893. The van der Waals surface area contributed by atoms with Crippen molar-refractivity contribution in [1.82, 2.24) is 9.66 Å². The number of hydrazone groups is 1. The van der Waals surface area contributed by atoms with Crippen LogP contribution in [0.15, 0.2) is 64.5 Å². The first-order valence-electron chi connectivity index (χ1n) is 6.79. The molecule has 3 aromatic rings. The molecule has 6 heteroatoms. The van der Waals surface area contributed by atoms with Crippen molar-refractivity contribution in [3.05, 3.63) is 70.8 Å². The van der Waals surface area contributed by atoms with Crippen molar-refractivity contribution in [2.24, 2.45) is 5.10 Å². The van der Waals surface area contributed by atoms with Crippen molar-refractivity contribution in [2.75, 3.05) is 11.3 Å². The molecule has 0 unspecified atom stereocenters. The van der Waals surface area contributed by atoms with Crippen molar-refractivity contribution in [3.8, 4) is 0 Å². The lowest BCUT2D eigenvalue weighted by Gasteiger charge is -2.08. The number of hydrogen-bond donors (Lipinski definition) is 2. The third-order valence-corrected chi connectivity index (χ3v) is 3.26. The van der Waals surface area contributed by atoms with Gasteiger partial charge in [-0.25, -0.2) is 9.66 Å². The van der Waals surface area contributed by atoms with Crippen LogP contribution in [0.25, 0.3) is 10.9 Å². The normalized spacial score (nSPS) is 11.6. The Kier molecular flexibility index (Phi) is 3.57. The van der Waals surface area contributed by atoms with Crippen molar-refractivity contribution in [1.29, 1.82) is 0 Å². The molecule has 1 heterocycles. The van der Waals surface area contributed by atoms with Crippen molar-refractivity contribution < 1.29 is 0 Å². The number of aromatic nitrogens is 2. The standard InChI is InChI=1S/C16H15N5O/c1-11(19-20-12-7-3-2-4-8-12)15-18-14-10-6-5-9-13(14)16(22)21(15)17/h2-10,20H,17H2,1H3/b19-11+. The quantitative estimate of drug-likeness (QED) is 0.439. The van der Waals surface area contributed by atoms with E-state index in [2.05, 4.69) is 15.5 Å². The van der Waals surface area contributed by atoms with Crippen LogP contribution in [0.5, 0.6) is 0 Å². The first-order chi connectivity index (χ1) is 10.7. The highest BCUT2D eigenvalue weighted by molar-refractivity contribution is 5.97. The molecule has 0 amide bonds. The molecule has 0 spiro atoms. The third-order valence-electron chi connectivity index (χ3n) is 3.26. The second-order valence-corrected chi connectivity index (χ2v) is 4.80. The average molecular weight is 293 g/mol. The molecular formula is C16H15N5O. The van der Waals surface area contributed by atoms with Crippen LogP contribution in [0, 0.1) is 0 Å². The van der Waals surface area contributed by atoms with Gasteiger partial charge in [-0.15, -0.1) is 0 Å². The molecule has 0 radical (unpaired) electrons. The zero-order valence-electron chi connectivity index (χ0n) is 12.0. The molecule has 3 rings (SSSR count). The molecular weight excluding hydrogens is 278 g/mol. The first kappa shape index (κ1) is 13.8. The fraction of sp³-hybridized carbons (Fsp3) is 0.0625. The van der Waals surface area contributed by atoms with Crippen LogP contribution in [0.4, 0.5) is 5.69 Å². The van der Waals surface area contributed by atoms with E-state index in [1.807, 2.05) is 36.4 Å². The molecule has 0 atom stereocenters. The minimum atomic E-state index is -0.296. The van der Waals surface area contributed by atoms with Crippen molar-refractivity contribution >= 4 is 22.3 Å². The highest BCUT2D eigenvalue weighted by atomic mass is 16.1. The summed E-state index contributed by atoms with van der Waals surface area (Å²) in [6.45, 7) is 1.75. The summed E-state index contributed by atoms with van der Waals surface area (Å²) < 4.78 is 1.02. The van der Waals surface area contributed by atoms with Gasteiger partial charge in [-0.3, -0.25) is 10.2 Å². The number of rotatable bonds is 3. The fourth-order valence-corrected chi connectivity index (χ4v) is 2.11.